The molecule has 5 rings (SSSR count). The fourth-order valence-corrected chi connectivity index (χ4v) is 4.78. The van der Waals surface area contributed by atoms with Crippen molar-refractivity contribution in [3.05, 3.63) is 70.8 Å². The van der Waals surface area contributed by atoms with Crippen molar-refractivity contribution in [2.45, 2.75) is 57.2 Å². The Morgan fingerprint density at radius 3 is 2.61 bits per heavy atom. The van der Waals surface area contributed by atoms with Crippen molar-refractivity contribution in [2.24, 2.45) is 4.99 Å². The van der Waals surface area contributed by atoms with Gasteiger partial charge in [-0.3, -0.25) is 9.69 Å². The second-order valence-electron chi connectivity index (χ2n) is 9.00. The molecule has 1 aliphatic carbocycles. The van der Waals surface area contributed by atoms with E-state index in [-0.39, 0.29) is 18.1 Å². The molecule has 0 radical (unpaired) electrons. The topological polar surface area (TPSA) is 53.9 Å². The summed E-state index contributed by atoms with van der Waals surface area (Å²) in [4.78, 5) is 20.2. The summed E-state index contributed by atoms with van der Waals surface area (Å²) in [5.41, 5.74) is 4.45. The first-order valence-corrected chi connectivity index (χ1v) is 11.6. The van der Waals surface area contributed by atoms with Crippen LogP contribution in [0.25, 0.3) is 0 Å². The largest absolute Gasteiger partial charge is 0.472 e. The van der Waals surface area contributed by atoms with E-state index in [1.165, 1.54) is 30.4 Å². The molecule has 2 atom stereocenters. The van der Waals surface area contributed by atoms with Gasteiger partial charge >= 0.3 is 0 Å². The lowest BCUT2D eigenvalue weighted by Gasteiger charge is -2.36. The maximum atomic E-state index is 12.8. The highest BCUT2D eigenvalue weighted by molar-refractivity contribution is 5.96. The van der Waals surface area contributed by atoms with Crippen LogP contribution in [-0.2, 0) is 17.6 Å². The summed E-state index contributed by atoms with van der Waals surface area (Å²) in [6.07, 6.45) is 6.14. The molecule has 1 N–H and O–H groups in total. The number of rotatable bonds is 5. The van der Waals surface area contributed by atoms with E-state index in [1.54, 1.807) is 0 Å². The number of nitrogens with one attached hydrogen (secondary N) is 1. The van der Waals surface area contributed by atoms with E-state index in [9.17, 15) is 4.79 Å². The number of hydrogen-bond acceptors (Lipinski definition) is 4. The molecule has 1 amide bonds. The number of amides is 1. The summed E-state index contributed by atoms with van der Waals surface area (Å²) in [5, 5.41) is 3.07. The van der Waals surface area contributed by atoms with Crippen LogP contribution in [0.15, 0.2) is 53.5 Å². The van der Waals surface area contributed by atoms with Crippen LogP contribution >= 0.6 is 0 Å². The molecular formula is C26H31N3O2. The predicted octanol–water partition coefficient (Wildman–Crippen LogP) is 3.60. The van der Waals surface area contributed by atoms with E-state index in [0.29, 0.717) is 12.4 Å². The minimum atomic E-state index is -0.0731. The lowest BCUT2D eigenvalue weighted by molar-refractivity contribution is 0.0945. The zero-order valence-electron chi connectivity index (χ0n) is 18.2. The zero-order chi connectivity index (χ0) is 21.2. The van der Waals surface area contributed by atoms with E-state index >= 15 is 0 Å². The summed E-state index contributed by atoms with van der Waals surface area (Å²) >= 11 is 0. The van der Waals surface area contributed by atoms with Crippen LogP contribution < -0.4 is 5.32 Å². The molecular weight excluding hydrogens is 386 g/mol. The van der Waals surface area contributed by atoms with E-state index in [1.807, 2.05) is 43.3 Å². The Morgan fingerprint density at radius 1 is 1.10 bits per heavy atom. The van der Waals surface area contributed by atoms with Crippen LogP contribution in [-0.4, -0.2) is 54.5 Å². The minimum Gasteiger partial charge on any atom is -0.472 e. The summed E-state index contributed by atoms with van der Waals surface area (Å²) in [7, 11) is 0. The molecule has 0 saturated heterocycles. The van der Waals surface area contributed by atoms with Gasteiger partial charge in [0.2, 0.25) is 5.90 Å². The standard InChI is InChI=1S/C26H31N3O2/c1-18-24(28-26(31-18)20-6-3-2-4-7-20)17-27-25(30)22-11-10-19-12-14-29(23-8-5-9-23)15-13-21(19)16-22/h2-4,6-7,10-11,16,18,23-24H,5,8-9,12-15,17H2,1H3,(H,27,30). The van der Waals surface area contributed by atoms with Gasteiger partial charge in [0.1, 0.15) is 12.1 Å². The molecule has 1 saturated carbocycles. The molecule has 5 nitrogen and oxygen atoms in total. The summed E-state index contributed by atoms with van der Waals surface area (Å²) in [5.74, 6) is 0.631. The molecule has 31 heavy (non-hydrogen) atoms. The monoisotopic (exact) mass is 417 g/mol. The van der Waals surface area contributed by atoms with Crippen molar-refractivity contribution < 1.29 is 9.53 Å². The third kappa shape index (κ3) is 4.38. The van der Waals surface area contributed by atoms with Gasteiger partial charge in [0.15, 0.2) is 0 Å². The predicted molar refractivity (Wildman–Crippen MR) is 123 cm³/mol. The number of ether oxygens (including phenoxy) is 1. The van der Waals surface area contributed by atoms with Crippen LogP contribution in [0.5, 0.6) is 0 Å². The van der Waals surface area contributed by atoms with Gasteiger partial charge in [-0.1, -0.05) is 30.7 Å². The zero-order valence-corrected chi connectivity index (χ0v) is 18.2. The summed E-state index contributed by atoms with van der Waals surface area (Å²) < 4.78 is 5.92. The Hall–Kier alpha value is -2.66. The number of carbonyl (C=O) groups excluding carboxylic acids is 1. The summed E-state index contributed by atoms with van der Waals surface area (Å²) in [6.45, 7) is 4.73. The third-order valence-electron chi connectivity index (χ3n) is 7.01. The number of nitrogens with zero attached hydrogens (tertiary/aromatic N) is 2. The molecule has 2 unspecified atom stereocenters. The SMILES string of the molecule is CC1OC(c2ccccc2)=NC1CNC(=O)c1ccc2c(c1)CCN(C1CCC1)CC2. The number of hydrogen-bond donors (Lipinski definition) is 1. The molecule has 2 aliphatic heterocycles. The van der Waals surface area contributed by atoms with Gasteiger partial charge in [-0.15, -0.1) is 0 Å². The van der Waals surface area contributed by atoms with Crippen LogP contribution in [0.3, 0.4) is 0 Å². The molecule has 0 aromatic heterocycles. The normalized spacial score (nSPS) is 23.8. The second kappa shape index (κ2) is 8.83. The highest BCUT2D eigenvalue weighted by Gasteiger charge is 2.29. The average molecular weight is 418 g/mol. The Balaban J connectivity index is 1.20. The molecule has 2 aromatic carbocycles. The Kier molecular flexibility index (Phi) is 5.77. The molecule has 1 fully saturated rings. The summed E-state index contributed by atoms with van der Waals surface area (Å²) in [6, 6.07) is 16.9. The van der Waals surface area contributed by atoms with Gasteiger partial charge < -0.3 is 10.1 Å². The van der Waals surface area contributed by atoms with Crippen LogP contribution in [0, 0.1) is 0 Å². The highest BCUT2D eigenvalue weighted by Crippen LogP contribution is 2.27. The molecule has 2 heterocycles. The first-order valence-electron chi connectivity index (χ1n) is 11.6. The van der Waals surface area contributed by atoms with Crippen LogP contribution in [0.1, 0.15) is 53.2 Å². The van der Waals surface area contributed by atoms with Crippen molar-refractivity contribution in [1.29, 1.82) is 0 Å². The van der Waals surface area contributed by atoms with Gasteiger partial charge in [-0.2, -0.15) is 0 Å². The lowest BCUT2D eigenvalue weighted by Crippen LogP contribution is -2.41. The first kappa shape index (κ1) is 20.3. The fourth-order valence-electron chi connectivity index (χ4n) is 4.78. The molecule has 2 aromatic rings. The fraction of sp³-hybridized carbons (Fsp3) is 0.462. The third-order valence-corrected chi connectivity index (χ3v) is 7.01. The van der Waals surface area contributed by atoms with Gasteiger partial charge in [-0.05, 0) is 68.0 Å². The van der Waals surface area contributed by atoms with E-state index in [4.69, 9.17) is 9.73 Å². The van der Waals surface area contributed by atoms with Crippen LogP contribution in [0.2, 0.25) is 0 Å². The maximum absolute atomic E-state index is 12.8. The van der Waals surface area contributed by atoms with E-state index < -0.39 is 0 Å². The van der Waals surface area contributed by atoms with E-state index in [0.717, 1.165) is 43.1 Å². The van der Waals surface area contributed by atoms with Gasteiger partial charge in [0, 0.05) is 36.8 Å². The smallest absolute Gasteiger partial charge is 0.251 e. The van der Waals surface area contributed by atoms with Gasteiger partial charge in [-0.25, -0.2) is 4.99 Å². The van der Waals surface area contributed by atoms with E-state index in [2.05, 4.69) is 22.3 Å². The molecule has 0 spiro atoms. The molecule has 5 heteroatoms. The Morgan fingerprint density at radius 2 is 1.87 bits per heavy atom. The van der Waals surface area contributed by atoms with Crippen molar-refractivity contribution >= 4 is 11.8 Å². The Bertz CT molecular complexity index is 968. The number of carbonyl (C=O) groups is 1. The van der Waals surface area contributed by atoms with Crippen molar-refractivity contribution in [1.82, 2.24) is 10.2 Å². The maximum Gasteiger partial charge on any atom is 0.251 e. The number of benzene rings is 2. The van der Waals surface area contributed by atoms with Crippen LogP contribution in [0.4, 0.5) is 0 Å². The first-order chi connectivity index (χ1) is 15.2. The second-order valence-corrected chi connectivity index (χ2v) is 9.00. The van der Waals surface area contributed by atoms with Crippen molar-refractivity contribution in [3.8, 4) is 0 Å². The quantitative estimate of drug-likeness (QED) is 0.809. The number of aliphatic imine (C=N–C) groups is 1. The van der Waals surface area contributed by atoms with Crippen molar-refractivity contribution in [3.63, 3.8) is 0 Å². The molecule has 0 bridgehead atoms. The number of fused-ring (bicyclic) bond motifs is 1. The lowest BCUT2D eigenvalue weighted by atomic mass is 9.91. The molecule has 162 valence electrons. The van der Waals surface area contributed by atoms with Gasteiger partial charge in [0.05, 0.1) is 0 Å². The van der Waals surface area contributed by atoms with Gasteiger partial charge in [0.25, 0.3) is 5.91 Å². The molecule has 3 aliphatic rings. The average Bonchev–Trinajstić information content (AvgIpc) is 3.01. The Labute approximate surface area is 184 Å². The highest BCUT2D eigenvalue weighted by atomic mass is 16.5. The minimum absolute atomic E-state index is 0.0292. The van der Waals surface area contributed by atoms with Crippen molar-refractivity contribution in [2.75, 3.05) is 19.6 Å².